The Morgan fingerprint density at radius 2 is 2.00 bits per heavy atom. The fourth-order valence-electron chi connectivity index (χ4n) is 3.56. The quantitative estimate of drug-likeness (QED) is 0.429. The van der Waals surface area contributed by atoms with E-state index in [4.69, 9.17) is 14.7 Å². The molecule has 160 valence electrons. The third-order valence-corrected chi connectivity index (χ3v) is 5.17. The topological polar surface area (TPSA) is 121 Å². The van der Waals surface area contributed by atoms with E-state index >= 15 is 0 Å². The van der Waals surface area contributed by atoms with Gasteiger partial charge in [0.1, 0.15) is 30.3 Å². The third-order valence-electron chi connectivity index (χ3n) is 5.17. The number of nitrogens with zero attached hydrogens (tertiary/aromatic N) is 4. The summed E-state index contributed by atoms with van der Waals surface area (Å²) in [5.74, 6) is 1.84. The van der Waals surface area contributed by atoms with Crippen LogP contribution in [0, 0.1) is 11.3 Å². The summed E-state index contributed by atoms with van der Waals surface area (Å²) >= 11 is 0. The normalized spacial score (nSPS) is 15.9. The van der Waals surface area contributed by atoms with Gasteiger partial charge in [-0.2, -0.15) is 10.4 Å². The first kappa shape index (κ1) is 19.9. The molecule has 0 bridgehead atoms. The number of benzene rings is 2. The minimum absolute atomic E-state index is 0.0111. The average Bonchev–Trinajstić information content (AvgIpc) is 3.31. The van der Waals surface area contributed by atoms with Gasteiger partial charge in [0.2, 0.25) is 0 Å². The summed E-state index contributed by atoms with van der Waals surface area (Å²) in [4.78, 5) is 8.19. The lowest BCUT2D eigenvalue weighted by Crippen LogP contribution is -2.41. The number of aromatic nitrogens is 4. The Kier molecular flexibility index (Phi) is 5.61. The first-order chi connectivity index (χ1) is 15.8. The van der Waals surface area contributed by atoms with Gasteiger partial charge in [0, 0.05) is 24.7 Å². The number of hydrogen-bond acceptors (Lipinski definition) is 8. The molecule has 9 heteroatoms. The molecule has 1 aliphatic rings. The molecule has 0 spiro atoms. The SMILES string of the molecule is N#Cc1cnc(Nc2cc(-c3cc4ccccc4cc3OCC3CNCCO3)[nH]n2)cn1. The molecule has 32 heavy (non-hydrogen) atoms. The molecule has 2 aromatic heterocycles. The standard InChI is InChI=1S/C23H21N7O2/c24-10-17-11-27-23(13-26-17)28-22-9-20(29-30-22)19-7-15-3-1-2-4-16(15)8-21(19)32-14-18-12-25-5-6-31-18/h1-4,7-9,11,13,18,25H,5-6,12,14H2,(H2,27,28,29,30). The van der Waals surface area contributed by atoms with Crippen LogP contribution in [-0.2, 0) is 4.74 Å². The number of ether oxygens (including phenoxy) is 2. The number of aromatic amines is 1. The number of fused-ring (bicyclic) bond motifs is 1. The molecular formula is C23H21N7O2. The smallest absolute Gasteiger partial charge is 0.158 e. The molecular weight excluding hydrogens is 406 g/mol. The highest BCUT2D eigenvalue weighted by molar-refractivity contribution is 5.90. The molecule has 0 aliphatic carbocycles. The van der Waals surface area contributed by atoms with E-state index in [0.29, 0.717) is 24.8 Å². The van der Waals surface area contributed by atoms with Crippen molar-refractivity contribution in [2.45, 2.75) is 6.10 Å². The van der Waals surface area contributed by atoms with Gasteiger partial charge in [-0.25, -0.2) is 9.97 Å². The van der Waals surface area contributed by atoms with Crippen molar-refractivity contribution in [2.24, 2.45) is 0 Å². The predicted molar refractivity (Wildman–Crippen MR) is 120 cm³/mol. The summed E-state index contributed by atoms with van der Waals surface area (Å²) in [5.41, 5.74) is 1.96. The van der Waals surface area contributed by atoms with E-state index in [2.05, 4.69) is 49.0 Å². The highest BCUT2D eigenvalue weighted by Gasteiger charge is 2.17. The molecule has 3 N–H and O–H groups in total. The highest BCUT2D eigenvalue weighted by atomic mass is 16.5. The van der Waals surface area contributed by atoms with Crippen LogP contribution in [0.2, 0.25) is 0 Å². The van der Waals surface area contributed by atoms with Gasteiger partial charge < -0.3 is 20.1 Å². The van der Waals surface area contributed by atoms with Crippen LogP contribution < -0.4 is 15.4 Å². The summed E-state index contributed by atoms with van der Waals surface area (Å²) in [5, 5.41) is 24.9. The lowest BCUT2D eigenvalue weighted by Gasteiger charge is -2.24. The Balaban J connectivity index is 1.42. The third kappa shape index (κ3) is 4.37. The Labute approximate surface area is 184 Å². The number of nitrogens with one attached hydrogen (secondary N) is 3. The summed E-state index contributed by atoms with van der Waals surface area (Å²) in [6.07, 6.45) is 2.92. The van der Waals surface area contributed by atoms with E-state index in [1.165, 1.54) is 12.4 Å². The van der Waals surface area contributed by atoms with Crippen LogP contribution in [0.3, 0.4) is 0 Å². The first-order valence-electron chi connectivity index (χ1n) is 10.3. The molecule has 3 heterocycles. The molecule has 1 fully saturated rings. The summed E-state index contributed by atoms with van der Waals surface area (Å²) in [6.45, 7) is 2.78. The lowest BCUT2D eigenvalue weighted by molar-refractivity contribution is 0.000338. The second-order valence-corrected chi connectivity index (χ2v) is 7.39. The van der Waals surface area contributed by atoms with Gasteiger partial charge >= 0.3 is 0 Å². The van der Waals surface area contributed by atoms with E-state index in [0.717, 1.165) is 40.9 Å². The number of rotatable bonds is 6. The second-order valence-electron chi connectivity index (χ2n) is 7.39. The van der Waals surface area contributed by atoms with Crippen LogP contribution in [0.25, 0.3) is 22.0 Å². The van der Waals surface area contributed by atoms with E-state index in [-0.39, 0.29) is 11.8 Å². The van der Waals surface area contributed by atoms with E-state index < -0.39 is 0 Å². The van der Waals surface area contributed by atoms with Crippen LogP contribution in [0.4, 0.5) is 11.6 Å². The van der Waals surface area contributed by atoms with E-state index in [9.17, 15) is 0 Å². The molecule has 1 saturated heterocycles. The predicted octanol–water partition coefficient (Wildman–Crippen LogP) is 3.00. The fourth-order valence-corrected chi connectivity index (χ4v) is 3.56. The zero-order chi connectivity index (χ0) is 21.8. The molecule has 0 saturated carbocycles. The summed E-state index contributed by atoms with van der Waals surface area (Å²) in [7, 11) is 0. The van der Waals surface area contributed by atoms with Crippen molar-refractivity contribution in [3.63, 3.8) is 0 Å². The second kappa shape index (κ2) is 9.01. The van der Waals surface area contributed by atoms with Gasteiger partial charge in [0.25, 0.3) is 0 Å². The van der Waals surface area contributed by atoms with Gasteiger partial charge in [-0.3, -0.25) is 5.10 Å². The van der Waals surface area contributed by atoms with Crippen molar-refractivity contribution < 1.29 is 9.47 Å². The van der Waals surface area contributed by atoms with Gasteiger partial charge in [-0.1, -0.05) is 24.3 Å². The Bertz CT molecular complexity index is 1260. The van der Waals surface area contributed by atoms with Gasteiger partial charge in [0.15, 0.2) is 11.5 Å². The maximum Gasteiger partial charge on any atom is 0.158 e. The molecule has 0 radical (unpaired) electrons. The van der Waals surface area contributed by atoms with E-state index in [1.54, 1.807) is 0 Å². The number of nitriles is 1. The van der Waals surface area contributed by atoms with Gasteiger partial charge in [-0.15, -0.1) is 0 Å². The minimum Gasteiger partial charge on any atom is -0.490 e. The van der Waals surface area contributed by atoms with Crippen LogP contribution in [-0.4, -0.2) is 52.6 Å². The molecule has 1 atom stereocenters. The van der Waals surface area contributed by atoms with Crippen molar-refractivity contribution in [3.05, 3.63) is 60.6 Å². The maximum atomic E-state index is 8.86. The Hall–Kier alpha value is -4.00. The van der Waals surface area contributed by atoms with Crippen LogP contribution >= 0.6 is 0 Å². The molecule has 0 amide bonds. The molecule has 2 aromatic carbocycles. The zero-order valence-electron chi connectivity index (χ0n) is 17.2. The zero-order valence-corrected chi connectivity index (χ0v) is 17.2. The summed E-state index contributed by atoms with van der Waals surface area (Å²) < 4.78 is 12.0. The van der Waals surface area contributed by atoms with Crippen molar-refractivity contribution in [3.8, 4) is 23.1 Å². The van der Waals surface area contributed by atoms with Gasteiger partial charge in [0.05, 0.1) is 24.7 Å². The number of morpholine rings is 1. The van der Waals surface area contributed by atoms with Crippen LogP contribution in [0.5, 0.6) is 5.75 Å². The maximum absolute atomic E-state index is 8.86. The Morgan fingerprint density at radius 1 is 1.12 bits per heavy atom. The molecule has 1 unspecified atom stereocenters. The van der Waals surface area contributed by atoms with Crippen molar-refractivity contribution >= 4 is 22.4 Å². The number of hydrogen-bond donors (Lipinski definition) is 3. The molecule has 1 aliphatic heterocycles. The largest absolute Gasteiger partial charge is 0.490 e. The monoisotopic (exact) mass is 427 g/mol. The number of anilines is 2. The van der Waals surface area contributed by atoms with Crippen LogP contribution in [0.1, 0.15) is 5.69 Å². The fraction of sp³-hybridized carbons (Fsp3) is 0.217. The van der Waals surface area contributed by atoms with Crippen molar-refractivity contribution in [2.75, 3.05) is 31.6 Å². The van der Waals surface area contributed by atoms with E-state index in [1.807, 2.05) is 30.3 Å². The average molecular weight is 427 g/mol. The highest BCUT2D eigenvalue weighted by Crippen LogP contribution is 2.34. The van der Waals surface area contributed by atoms with Crippen LogP contribution in [0.15, 0.2) is 54.9 Å². The van der Waals surface area contributed by atoms with Crippen molar-refractivity contribution in [1.82, 2.24) is 25.5 Å². The minimum atomic E-state index is 0.0111. The lowest BCUT2D eigenvalue weighted by atomic mass is 10.0. The molecule has 5 rings (SSSR count). The molecule has 9 nitrogen and oxygen atoms in total. The number of H-pyrrole nitrogens is 1. The Morgan fingerprint density at radius 3 is 2.75 bits per heavy atom. The molecule has 4 aromatic rings. The van der Waals surface area contributed by atoms with Crippen molar-refractivity contribution in [1.29, 1.82) is 5.26 Å². The summed E-state index contributed by atoms with van der Waals surface area (Å²) in [6, 6.07) is 16.1. The van der Waals surface area contributed by atoms with Gasteiger partial charge in [-0.05, 0) is 22.9 Å². The first-order valence-corrected chi connectivity index (χ1v) is 10.3.